The van der Waals surface area contributed by atoms with Crippen molar-refractivity contribution in [3.63, 3.8) is 0 Å². The lowest BCUT2D eigenvalue weighted by Crippen LogP contribution is -2.45. The Morgan fingerprint density at radius 3 is 2.05 bits per heavy atom. The minimum atomic E-state index is -0.208. The number of aliphatic hydroxyl groups is 1. The molecule has 0 aliphatic rings. The number of hydrogen-bond acceptors (Lipinski definition) is 3. The SMILES string of the molecule is CC.CC(C)c1cccc(C(=O)N(C)C)[n+]1O.CO. The molecule has 110 valence electrons. The molecule has 1 amide bonds. The Kier molecular flexibility index (Phi) is 10.7. The minimum Gasteiger partial charge on any atom is -0.400 e. The van der Waals surface area contributed by atoms with Gasteiger partial charge in [-0.2, -0.15) is 0 Å². The molecule has 0 unspecified atom stereocenters. The quantitative estimate of drug-likeness (QED) is 0.635. The van der Waals surface area contributed by atoms with Crippen molar-refractivity contribution in [2.75, 3.05) is 21.2 Å². The molecule has 0 bridgehead atoms. The number of rotatable bonds is 2. The van der Waals surface area contributed by atoms with Crippen LogP contribution < -0.4 is 4.73 Å². The van der Waals surface area contributed by atoms with Gasteiger partial charge in [0, 0.05) is 44.0 Å². The maximum absolute atomic E-state index is 11.7. The average molecular weight is 271 g/mol. The maximum atomic E-state index is 11.7. The average Bonchev–Trinajstić information content (AvgIpc) is 2.42. The van der Waals surface area contributed by atoms with E-state index >= 15 is 0 Å². The first-order valence-corrected chi connectivity index (χ1v) is 6.35. The van der Waals surface area contributed by atoms with E-state index < -0.39 is 0 Å². The Balaban J connectivity index is 0. The van der Waals surface area contributed by atoms with Crippen LogP contribution in [-0.2, 0) is 0 Å². The first-order chi connectivity index (χ1) is 8.95. The van der Waals surface area contributed by atoms with Gasteiger partial charge in [-0.05, 0) is 6.07 Å². The number of amides is 1. The summed E-state index contributed by atoms with van der Waals surface area (Å²) in [5, 5.41) is 16.8. The Morgan fingerprint density at radius 2 is 1.68 bits per heavy atom. The molecule has 0 saturated heterocycles. The van der Waals surface area contributed by atoms with Crippen LogP contribution >= 0.6 is 0 Å². The summed E-state index contributed by atoms with van der Waals surface area (Å²) in [6.45, 7) is 7.93. The first kappa shape index (κ1) is 19.7. The highest BCUT2D eigenvalue weighted by Crippen LogP contribution is 2.09. The lowest BCUT2D eigenvalue weighted by molar-refractivity contribution is -0.911. The molecule has 0 aliphatic carbocycles. The number of carbonyl (C=O) groups excluding carboxylic acids is 1. The highest BCUT2D eigenvalue weighted by Gasteiger charge is 2.25. The van der Waals surface area contributed by atoms with E-state index in [1.54, 1.807) is 32.3 Å². The third-order valence-corrected chi connectivity index (χ3v) is 2.21. The van der Waals surface area contributed by atoms with E-state index in [4.69, 9.17) is 5.11 Å². The van der Waals surface area contributed by atoms with Gasteiger partial charge in [-0.1, -0.05) is 27.7 Å². The number of aliphatic hydroxyl groups excluding tert-OH is 1. The smallest absolute Gasteiger partial charge is 0.323 e. The Bertz CT molecular complexity index is 377. The van der Waals surface area contributed by atoms with Crippen LogP contribution in [0.25, 0.3) is 0 Å². The maximum Gasteiger partial charge on any atom is 0.323 e. The van der Waals surface area contributed by atoms with Gasteiger partial charge >= 0.3 is 11.6 Å². The molecule has 1 aromatic heterocycles. The van der Waals surface area contributed by atoms with Crippen molar-refractivity contribution in [1.29, 1.82) is 0 Å². The van der Waals surface area contributed by atoms with Crippen LogP contribution in [0.2, 0.25) is 0 Å². The summed E-state index contributed by atoms with van der Waals surface area (Å²) >= 11 is 0. The van der Waals surface area contributed by atoms with Crippen LogP contribution in [-0.4, -0.2) is 42.3 Å². The number of aromatic nitrogens is 1. The monoisotopic (exact) mass is 271 g/mol. The van der Waals surface area contributed by atoms with Crippen LogP contribution in [0, 0.1) is 0 Å². The molecule has 0 aliphatic heterocycles. The van der Waals surface area contributed by atoms with Gasteiger partial charge in [0.1, 0.15) is 0 Å². The molecule has 0 aromatic carbocycles. The van der Waals surface area contributed by atoms with Gasteiger partial charge in [0.05, 0.1) is 0 Å². The molecule has 1 aromatic rings. The van der Waals surface area contributed by atoms with E-state index in [2.05, 4.69) is 0 Å². The molecule has 2 N–H and O–H groups in total. The fourth-order valence-electron chi connectivity index (χ4n) is 1.35. The Morgan fingerprint density at radius 1 is 1.21 bits per heavy atom. The number of pyridine rings is 1. The Hall–Kier alpha value is -1.62. The Labute approximate surface area is 116 Å². The van der Waals surface area contributed by atoms with Gasteiger partial charge in [-0.3, -0.25) is 10.0 Å². The molecule has 0 atom stereocenters. The van der Waals surface area contributed by atoms with Gasteiger partial charge in [0.2, 0.25) is 5.69 Å². The fraction of sp³-hybridized carbons (Fsp3) is 0.571. The van der Waals surface area contributed by atoms with Crippen molar-refractivity contribution in [3.8, 4) is 0 Å². The van der Waals surface area contributed by atoms with Crippen molar-refractivity contribution in [1.82, 2.24) is 4.90 Å². The van der Waals surface area contributed by atoms with Crippen molar-refractivity contribution in [3.05, 3.63) is 29.6 Å². The predicted octanol–water partition coefficient (Wildman–Crippen LogP) is 1.67. The first-order valence-electron chi connectivity index (χ1n) is 6.35. The van der Waals surface area contributed by atoms with Crippen molar-refractivity contribution < 1.29 is 19.8 Å². The second-order valence-electron chi connectivity index (χ2n) is 4.00. The van der Waals surface area contributed by atoms with Crippen LogP contribution in [0.3, 0.4) is 0 Å². The molecule has 0 radical (unpaired) electrons. The number of carbonyl (C=O) groups is 1. The second kappa shape index (κ2) is 10.3. The molecule has 1 rings (SSSR count). The normalized spacial score (nSPS) is 8.89. The minimum absolute atomic E-state index is 0.171. The molecule has 0 spiro atoms. The fourth-order valence-corrected chi connectivity index (χ4v) is 1.35. The predicted molar refractivity (Wildman–Crippen MR) is 75.4 cm³/mol. The zero-order chi connectivity index (χ0) is 15.6. The van der Waals surface area contributed by atoms with Crippen molar-refractivity contribution >= 4 is 5.91 Å². The van der Waals surface area contributed by atoms with Crippen LogP contribution in [0.1, 0.15) is 49.8 Å². The van der Waals surface area contributed by atoms with Gasteiger partial charge in [0.15, 0.2) is 0 Å². The summed E-state index contributed by atoms with van der Waals surface area (Å²) < 4.78 is 0.965. The standard InChI is InChI=1S/C11H17N2O2.C2H6.CH4O/c1-8(2)9-6-5-7-10(13(9)15)11(14)12(3)4;2*1-2/h5-8,15H,1-4H3;1-2H3;2H,1H3/q+1;;. The number of hydrogen-bond donors (Lipinski definition) is 2. The van der Waals surface area contributed by atoms with Gasteiger partial charge in [-0.15, -0.1) is 0 Å². The largest absolute Gasteiger partial charge is 0.400 e. The molecule has 1 heterocycles. The van der Waals surface area contributed by atoms with Crippen LogP contribution in [0.5, 0.6) is 0 Å². The number of nitrogens with zero attached hydrogens (tertiary/aromatic N) is 2. The third-order valence-electron chi connectivity index (χ3n) is 2.21. The highest BCUT2D eigenvalue weighted by atomic mass is 16.5. The van der Waals surface area contributed by atoms with E-state index in [-0.39, 0.29) is 17.5 Å². The van der Waals surface area contributed by atoms with Crippen LogP contribution in [0.15, 0.2) is 18.2 Å². The van der Waals surface area contributed by atoms with E-state index in [1.165, 1.54) is 4.90 Å². The molecule has 5 nitrogen and oxygen atoms in total. The molecular formula is C14H27N2O3+. The molecule has 0 fully saturated rings. The van der Waals surface area contributed by atoms with Crippen LogP contribution in [0.4, 0.5) is 0 Å². The van der Waals surface area contributed by atoms with E-state index in [0.29, 0.717) is 0 Å². The van der Waals surface area contributed by atoms with Crippen molar-refractivity contribution in [2.24, 2.45) is 0 Å². The van der Waals surface area contributed by atoms with Gasteiger partial charge < -0.3 is 10.0 Å². The molecule has 19 heavy (non-hydrogen) atoms. The van der Waals surface area contributed by atoms with E-state index in [1.807, 2.05) is 27.7 Å². The summed E-state index contributed by atoms with van der Waals surface area (Å²) in [6, 6.07) is 5.18. The third kappa shape index (κ3) is 5.70. The summed E-state index contributed by atoms with van der Waals surface area (Å²) in [6.07, 6.45) is 0. The molecule has 0 saturated carbocycles. The topological polar surface area (TPSA) is 64.7 Å². The lowest BCUT2D eigenvalue weighted by Gasteiger charge is -2.08. The lowest BCUT2D eigenvalue weighted by atomic mass is 10.1. The van der Waals surface area contributed by atoms with E-state index in [0.717, 1.165) is 17.5 Å². The van der Waals surface area contributed by atoms with Crippen molar-refractivity contribution in [2.45, 2.75) is 33.6 Å². The molecule has 5 heteroatoms. The van der Waals surface area contributed by atoms with Gasteiger partial charge in [-0.25, -0.2) is 0 Å². The van der Waals surface area contributed by atoms with Gasteiger partial charge in [0.25, 0.3) is 0 Å². The summed E-state index contributed by atoms with van der Waals surface area (Å²) in [5.41, 5.74) is 1.01. The summed E-state index contributed by atoms with van der Waals surface area (Å²) in [7, 11) is 4.31. The molecular weight excluding hydrogens is 244 g/mol. The second-order valence-corrected chi connectivity index (χ2v) is 4.00. The summed E-state index contributed by atoms with van der Waals surface area (Å²) in [5.74, 6) is -0.0371. The zero-order valence-electron chi connectivity index (χ0n) is 13.0. The highest BCUT2D eigenvalue weighted by molar-refractivity contribution is 5.90. The zero-order valence-corrected chi connectivity index (χ0v) is 13.0. The summed E-state index contributed by atoms with van der Waals surface area (Å²) in [4.78, 5) is 13.1. The van der Waals surface area contributed by atoms with E-state index in [9.17, 15) is 10.0 Å².